The summed E-state index contributed by atoms with van der Waals surface area (Å²) in [5, 5.41) is 9.02. The van der Waals surface area contributed by atoms with E-state index in [1.165, 1.54) is 40.7 Å². The van der Waals surface area contributed by atoms with Crippen molar-refractivity contribution in [3.05, 3.63) is 53.1 Å². The molecule has 0 radical (unpaired) electrons. The summed E-state index contributed by atoms with van der Waals surface area (Å²) >= 11 is 0. The first-order chi connectivity index (χ1) is 13.2. The van der Waals surface area contributed by atoms with Gasteiger partial charge in [-0.3, -0.25) is 0 Å². The summed E-state index contributed by atoms with van der Waals surface area (Å²) in [7, 11) is 1.72. The number of nitrogens with zero attached hydrogens (tertiary/aromatic N) is 3. The van der Waals surface area contributed by atoms with E-state index in [1.807, 2.05) is 10.7 Å². The highest BCUT2D eigenvalue weighted by Gasteiger charge is 2.23. The first-order valence-electron chi connectivity index (χ1n) is 9.98. The van der Waals surface area contributed by atoms with Crippen molar-refractivity contribution in [1.82, 2.24) is 15.0 Å². The minimum atomic E-state index is 0.810. The first kappa shape index (κ1) is 17.8. The van der Waals surface area contributed by atoms with Crippen LogP contribution in [-0.2, 0) is 25.8 Å². The van der Waals surface area contributed by atoms with Crippen LogP contribution in [0, 0.1) is 0 Å². The fourth-order valence-electron chi connectivity index (χ4n) is 4.01. The molecule has 0 saturated carbocycles. The second kappa shape index (κ2) is 7.55. The molecule has 4 rings (SSSR count). The minimum Gasteiger partial charge on any atom is -0.497 e. The van der Waals surface area contributed by atoms with Crippen molar-refractivity contribution >= 4 is 0 Å². The van der Waals surface area contributed by atoms with Crippen LogP contribution in [0.2, 0.25) is 0 Å². The Balaban J connectivity index is 1.89. The molecular weight excluding hydrogens is 334 g/mol. The number of fused-ring (bicyclic) bond motifs is 5. The van der Waals surface area contributed by atoms with Gasteiger partial charge in [0.25, 0.3) is 0 Å². The predicted octanol–water partition coefficient (Wildman–Crippen LogP) is 5.08. The Morgan fingerprint density at radius 1 is 1.00 bits per heavy atom. The Hall–Kier alpha value is -2.62. The molecule has 1 aliphatic rings. The van der Waals surface area contributed by atoms with Gasteiger partial charge in [0, 0.05) is 17.7 Å². The topological polar surface area (TPSA) is 39.9 Å². The molecule has 0 N–H and O–H groups in total. The number of hydrogen-bond acceptors (Lipinski definition) is 3. The molecule has 1 aromatic heterocycles. The summed E-state index contributed by atoms with van der Waals surface area (Å²) in [5.41, 5.74) is 8.68. The van der Waals surface area contributed by atoms with Crippen LogP contribution in [0.1, 0.15) is 43.4 Å². The van der Waals surface area contributed by atoms with Crippen LogP contribution in [0.15, 0.2) is 36.4 Å². The van der Waals surface area contributed by atoms with E-state index in [9.17, 15) is 0 Å². The molecule has 0 amide bonds. The van der Waals surface area contributed by atoms with E-state index >= 15 is 0 Å². The maximum Gasteiger partial charge on any atom is 0.121 e. The van der Waals surface area contributed by atoms with Gasteiger partial charge in [-0.25, -0.2) is 4.68 Å². The van der Waals surface area contributed by atoms with E-state index in [0.717, 1.165) is 42.9 Å². The van der Waals surface area contributed by atoms with Gasteiger partial charge in [-0.05, 0) is 67.5 Å². The highest BCUT2D eigenvalue weighted by molar-refractivity contribution is 5.82. The van der Waals surface area contributed by atoms with E-state index in [0.29, 0.717) is 0 Å². The normalized spacial score (nSPS) is 12.6. The lowest BCUT2D eigenvalue weighted by atomic mass is 9.88. The zero-order valence-corrected chi connectivity index (χ0v) is 16.5. The molecule has 1 heterocycles. The molecule has 1 aliphatic carbocycles. The summed E-state index contributed by atoms with van der Waals surface area (Å²) in [6.07, 6.45) is 5.60. The van der Waals surface area contributed by atoms with Gasteiger partial charge in [-0.2, -0.15) is 0 Å². The molecule has 0 aliphatic heterocycles. The lowest BCUT2D eigenvalue weighted by Crippen LogP contribution is -2.06. The first-order valence-corrected chi connectivity index (χ1v) is 9.98. The lowest BCUT2D eigenvalue weighted by molar-refractivity contribution is 0.414. The van der Waals surface area contributed by atoms with Gasteiger partial charge in [-0.15, -0.1) is 5.10 Å². The molecule has 3 aromatic rings. The molecule has 27 heavy (non-hydrogen) atoms. The van der Waals surface area contributed by atoms with E-state index in [2.05, 4.69) is 54.5 Å². The van der Waals surface area contributed by atoms with Crippen molar-refractivity contribution < 1.29 is 4.74 Å². The maximum absolute atomic E-state index is 5.46. The quantitative estimate of drug-likeness (QED) is 0.636. The second-order valence-electron chi connectivity index (χ2n) is 7.22. The number of unbranched alkanes of at least 4 members (excludes halogenated alkanes) is 1. The molecule has 0 spiro atoms. The van der Waals surface area contributed by atoms with Crippen LogP contribution in [0.5, 0.6) is 5.75 Å². The molecular formula is C23H27N3O. The Labute approximate surface area is 161 Å². The highest BCUT2D eigenvalue weighted by Crippen LogP contribution is 2.38. The molecule has 0 bridgehead atoms. The van der Waals surface area contributed by atoms with E-state index in [4.69, 9.17) is 4.74 Å². The van der Waals surface area contributed by atoms with Crippen LogP contribution in [-0.4, -0.2) is 22.1 Å². The fourth-order valence-corrected chi connectivity index (χ4v) is 4.01. The largest absolute Gasteiger partial charge is 0.497 e. The van der Waals surface area contributed by atoms with Gasteiger partial charge in [-0.1, -0.05) is 36.8 Å². The minimum absolute atomic E-state index is 0.810. The second-order valence-corrected chi connectivity index (χ2v) is 7.22. The third-order valence-corrected chi connectivity index (χ3v) is 5.51. The van der Waals surface area contributed by atoms with Gasteiger partial charge in [0.05, 0.1) is 12.8 Å². The van der Waals surface area contributed by atoms with Crippen molar-refractivity contribution in [2.75, 3.05) is 7.11 Å². The zero-order valence-electron chi connectivity index (χ0n) is 16.5. The number of ether oxygens (including phenoxy) is 1. The summed E-state index contributed by atoms with van der Waals surface area (Å²) in [5.74, 6) is 0.899. The molecule has 140 valence electrons. The summed E-state index contributed by atoms with van der Waals surface area (Å²) in [6.45, 7) is 5.18. The predicted molar refractivity (Wildman–Crippen MR) is 109 cm³/mol. The Morgan fingerprint density at radius 2 is 1.78 bits per heavy atom. The third kappa shape index (κ3) is 3.25. The lowest BCUT2D eigenvalue weighted by Gasteiger charge is -2.19. The van der Waals surface area contributed by atoms with Gasteiger partial charge < -0.3 is 4.74 Å². The molecule has 2 aromatic carbocycles. The van der Waals surface area contributed by atoms with Gasteiger partial charge >= 0.3 is 0 Å². The summed E-state index contributed by atoms with van der Waals surface area (Å²) in [4.78, 5) is 0. The van der Waals surface area contributed by atoms with E-state index in [1.54, 1.807) is 7.11 Å². The monoisotopic (exact) mass is 361 g/mol. The SMILES string of the molecule is CCCCc1ccc2c(c1)CCc1cc(OC)ccc1-c1nnn(CC)c1-2. The van der Waals surface area contributed by atoms with Crippen LogP contribution < -0.4 is 4.74 Å². The van der Waals surface area contributed by atoms with Crippen molar-refractivity contribution in [2.24, 2.45) is 0 Å². The number of methoxy groups -OCH3 is 1. The standard InChI is InChI=1S/C23H27N3O/c1-4-6-7-16-8-12-21-17(14-16)9-10-18-15-19(27-3)11-13-20(18)22-23(21)26(5-2)25-24-22/h8,11-15H,4-7,9-10H2,1-3H3. The average molecular weight is 361 g/mol. The van der Waals surface area contributed by atoms with Crippen LogP contribution in [0.4, 0.5) is 0 Å². The molecule has 0 unspecified atom stereocenters. The molecule has 0 atom stereocenters. The van der Waals surface area contributed by atoms with Crippen LogP contribution >= 0.6 is 0 Å². The number of rotatable bonds is 5. The van der Waals surface area contributed by atoms with Gasteiger partial charge in [0.2, 0.25) is 0 Å². The molecule has 0 saturated heterocycles. The van der Waals surface area contributed by atoms with Gasteiger partial charge in [0.15, 0.2) is 0 Å². The molecule has 4 heteroatoms. The Bertz CT molecular complexity index is 958. The van der Waals surface area contributed by atoms with Crippen LogP contribution in [0.3, 0.4) is 0 Å². The fraction of sp³-hybridized carbons (Fsp3) is 0.391. The molecule has 0 fully saturated rings. The van der Waals surface area contributed by atoms with Crippen molar-refractivity contribution in [2.45, 2.75) is 52.5 Å². The summed E-state index contributed by atoms with van der Waals surface area (Å²) in [6, 6.07) is 13.3. The van der Waals surface area contributed by atoms with E-state index < -0.39 is 0 Å². The third-order valence-electron chi connectivity index (χ3n) is 5.51. The molecule has 4 nitrogen and oxygen atoms in total. The highest BCUT2D eigenvalue weighted by atomic mass is 16.5. The van der Waals surface area contributed by atoms with E-state index in [-0.39, 0.29) is 0 Å². The average Bonchev–Trinajstić information content (AvgIpc) is 3.12. The Morgan fingerprint density at radius 3 is 2.52 bits per heavy atom. The van der Waals surface area contributed by atoms with Gasteiger partial charge in [0.1, 0.15) is 11.4 Å². The number of hydrogen-bond donors (Lipinski definition) is 0. The maximum atomic E-state index is 5.46. The zero-order chi connectivity index (χ0) is 18.8. The number of benzene rings is 2. The van der Waals surface area contributed by atoms with Crippen molar-refractivity contribution in [3.8, 4) is 28.3 Å². The van der Waals surface area contributed by atoms with Crippen LogP contribution in [0.25, 0.3) is 22.5 Å². The smallest absolute Gasteiger partial charge is 0.121 e. The van der Waals surface area contributed by atoms with Crippen molar-refractivity contribution in [1.29, 1.82) is 0 Å². The number of aromatic nitrogens is 3. The summed E-state index contributed by atoms with van der Waals surface area (Å²) < 4.78 is 7.49. The Kier molecular flexibility index (Phi) is 4.97. The number of aryl methyl sites for hydroxylation is 4. The van der Waals surface area contributed by atoms with Crippen molar-refractivity contribution in [3.63, 3.8) is 0 Å².